The van der Waals surface area contributed by atoms with Crippen LogP contribution in [0, 0.1) is 12.8 Å². The molecule has 2 aromatic heterocycles. The Morgan fingerprint density at radius 1 is 1.53 bits per heavy atom. The van der Waals surface area contributed by atoms with Crippen LogP contribution in [0.3, 0.4) is 0 Å². The van der Waals surface area contributed by atoms with Gasteiger partial charge in [0.05, 0.1) is 11.4 Å². The van der Waals surface area contributed by atoms with Crippen molar-refractivity contribution in [3.63, 3.8) is 0 Å². The van der Waals surface area contributed by atoms with Crippen LogP contribution in [0.25, 0.3) is 4.96 Å². The van der Waals surface area contributed by atoms with Crippen LogP contribution in [0.2, 0.25) is 0 Å². The molecule has 0 bridgehead atoms. The molecule has 2 heterocycles. The molecule has 1 unspecified atom stereocenters. The summed E-state index contributed by atoms with van der Waals surface area (Å²) in [6.45, 7) is 4.33. The van der Waals surface area contributed by atoms with Gasteiger partial charge in [0.1, 0.15) is 5.01 Å². The quantitative estimate of drug-likeness (QED) is 0.741. The average Bonchev–Trinajstić information content (AvgIpc) is 2.73. The van der Waals surface area contributed by atoms with E-state index in [4.69, 9.17) is 0 Å². The van der Waals surface area contributed by atoms with Crippen LogP contribution in [0.1, 0.15) is 36.2 Å². The monoisotopic (exact) mass is 221 g/mol. The summed E-state index contributed by atoms with van der Waals surface area (Å²) >= 11 is 1.70. The highest BCUT2D eigenvalue weighted by atomic mass is 32.1. The van der Waals surface area contributed by atoms with Gasteiger partial charge in [-0.1, -0.05) is 24.7 Å². The van der Waals surface area contributed by atoms with E-state index < -0.39 is 0 Å². The van der Waals surface area contributed by atoms with Gasteiger partial charge in [0.2, 0.25) is 4.96 Å². The number of aryl methyl sites for hydroxylation is 2. The van der Waals surface area contributed by atoms with E-state index in [2.05, 4.69) is 21.5 Å². The first kappa shape index (κ1) is 9.33. The number of fused-ring (bicyclic) bond motifs is 3. The molecule has 0 aliphatic heterocycles. The Morgan fingerprint density at radius 2 is 2.40 bits per heavy atom. The Labute approximate surface area is 93.1 Å². The zero-order valence-corrected chi connectivity index (χ0v) is 9.97. The van der Waals surface area contributed by atoms with Crippen molar-refractivity contribution in [1.29, 1.82) is 0 Å². The number of aromatic nitrogens is 3. The van der Waals surface area contributed by atoms with Crippen molar-refractivity contribution < 1.29 is 0 Å². The smallest absolute Gasteiger partial charge is 0.212 e. The maximum atomic E-state index is 4.66. The zero-order chi connectivity index (χ0) is 10.4. The molecular formula is C11H15N3S. The first-order chi connectivity index (χ1) is 7.28. The Balaban J connectivity index is 2.12. The summed E-state index contributed by atoms with van der Waals surface area (Å²) in [6, 6.07) is 0. The minimum atomic E-state index is 0.833. The first-order valence-corrected chi connectivity index (χ1v) is 6.43. The van der Waals surface area contributed by atoms with E-state index in [9.17, 15) is 0 Å². The third kappa shape index (κ3) is 1.39. The van der Waals surface area contributed by atoms with Gasteiger partial charge in [-0.15, -0.1) is 0 Å². The van der Waals surface area contributed by atoms with E-state index in [1.807, 2.05) is 6.92 Å². The summed E-state index contributed by atoms with van der Waals surface area (Å²) in [7, 11) is 0. The second-order valence-electron chi connectivity index (χ2n) is 4.34. The largest absolute Gasteiger partial charge is 0.222 e. The normalized spacial score (nSPS) is 20.8. The first-order valence-electron chi connectivity index (χ1n) is 5.62. The molecule has 4 heteroatoms. The lowest BCUT2D eigenvalue weighted by Gasteiger charge is -2.19. The molecule has 80 valence electrons. The van der Waals surface area contributed by atoms with E-state index in [1.165, 1.54) is 24.2 Å². The lowest BCUT2D eigenvalue weighted by molar-refractivity contribution is 0.432. The molecule has 0 radical (unpaired) electrons. The molecule has 0 aromatic carbocycles. The lowest BCUT2D eigenvalue weighted by Crippen LogP contribution is -2.14. The molecule has 3 nitrogen and oxygen atoms in total. The SMILES string of the molecule is CCC1CCc2nc3sc(C)nn3c2C1. The van der Waals surface area contributed by atoms with Gasteiger partial charge in [0, 0.05) is 0 Å². The minimum absolute atomic E-state index is 0.833. The van der Waals surface area contributed by atoms with E-state index in [0.29, 0.717) is 0 Å². The van der Waals surface area contributed by atoms with Crippen LogP contribution in [0.4, 0.5) is 0 Å². The molecule has 0 fully saturated rings. The van der Waals surface area contributed by atoms with Crippen molar-refractivity contribution in [2.45, 2.75) is 39.5 Å². The van der Waals surface area contributed by atoms with Gasteiger partial charge in [-0.05, 0) is 32.1 Å². The highest BCUT2D eigenvalue weighted by Gasteiger charge is 2.23. The van der Waals surface area contributed by atoms with Crippen molar-refractivity contribution in [2.24, 2.45) is 5.92 Å². The zero-order valence-electron chi connectivity index (χ0n) is 9.16. The summed E-state index contributed by atoms with van der Waals surface area (Å²) in [5.41, 5.74) is 2.66. The van der Waals surface area contributed by atoms with Gasteiger partial charge < -0.3 is 0 Å². The van der Waals surface area contributed by atoms with Crippen molar-refractivity contribution >= 4 is 16.3 Å². The fraction of sp³-hybridized carbons (Fsp3) is 0.636. The minimum Gasteiger partial charge on any atom is -0.222 e. The summed E-state index contributed by atoms with van der Waals surface area (Å²) in [5.74, 6) is 0.833. The number of imidazole rings is 1. The van der Waals surface area contributed by atoms with Gasteiger partial charge in [0.15, 0.2) is 0 Å². The van der Waals surface area contributed by atoms with Gasteiger partial charge in [-0.3, -0.25) is 0 Å². The van der Waals surface area contributed by atoms with Gasteiger partial charge in [-0.2, -0.15) is 5.10 Å². The van der Waals surface area contributed by atoms with Crippen LogP contribution < -0.4 is 0 Å². The molecule has 3 rings (SSSR count). The van der Waals surface area contributed by atoms with E-state index in [1.54, 1.807) is 11.3 Å². The maximum absolute atomic E-state index is 4.66. The third-order valence-electron chi connectivity index (χ3n) is 3.33. The van der Waals surface area contributed by atoms with E-state index >= 15 is 0 Å². The van der Waals surface area contributed by atoms with Crippen molar-refractivity contribution in [3.05, 3.63) is 16.4 Å². The predicted molar refractivity (Wildman–Crippen MR) is 61.4 cm³/mol. The highest BCUT2D eigenvalue weighted by Crippen LogP contribution is 2.29. The summed E-state index contributed by atoms with van der Waals surface area (Å²) in [5, 5.41) is 5.64. The molecule has 0 amide bonds. The number of nitrogens with zero attached hydrogens (tertiary/aromatic N) is 3. The molecule has 0 N–H and O–H groups in total. The van der Waals surface area contributed by atoms with Crippen LogP contribution in [-0.2, 0) is 12.8 Å². The predicted octanol–water partition coefficient (Wildman–Crippen LogP) is 2.61. The molecule has 0 saturated carbocycles. The van der Waals surface area contributed by atoms with Crippen LogP contribution in [0.15, 0.2) is 0 Å². The summed E-state index contributed by atoms with van der Waals surface area (Å²) < 4.78 is 2.07. The standard InChI is InChI=1S/C11H15N3S/c1-3-8-4-5-9-10(6-8)14-11(12-9)15-7(2)13-14/h8H,3-6H2,1-2H3. The van der Waals surface area contributed by atoms with Crippen LogP contribution in [0.5, 0.6) is 0 Å². The third-order valence-corrected chi connectivity index (χ3v) is 4.15. The lowest BCUT2D eigenvalue weighted by atomic mass is 9.88. The van der Waals surface area contributed by atoms with Gasteiger partial charge >= 0.3 is 0 Å². The number of hydrogen-bond acceptors (Lipinski definition) is 3. The molecule has 1 aliphatic rings. The van der Waals surface area contributed by atoms with Crippen LogP contribution >= 0.6 is 11.3 Å². The Bertz CT molecular complexity index is 497. The second kappa shape index (κ2) is 3.30. The fourth-order valence-corrected chi connectivity index (χ4v) is 3.18. The fourth-order valence-electron chi connectivity index (χ4n) is 2.40. The molecule has 0 saturated heterocycles. The van der Waals surface area contributed by atoms with Crippen LogP contribution in [-0.4, -0.2) is 14.6 Å². The molecule has 2 aromatic rings. The topological polar surface area (TPSA) is 30.2 Å². The molecule has 0 spiro atoms. The van der Waals surface area contributed by atoms with Crippen molar-refractivity contribution in [2.75, 3.05) is 0 Å². The average molecular weight is 221 g/mol. The number of hydrogen-bond donors (Lipinski definition) is 0. The summed E-state index contributed by atoms with van der Waals surface area (Å²) in [6.07, 6.45) is 4.88. The van der Waals surface area contributed by atoms with E-state index in [-0.39, 0.29) is 0 Å². The van der Waals surface area contributed by atoms with E-state index in [0.717, 1.165) is 28.7 Å². The Hall–Kier alpha value is -0.900. The molecule has 1 aliphatic carbocycles. The number of rotatable bonds is 1. The molecule has 1 atom stereocenters. The Kier molecular flexibility index (Phi) is 2.06. The van der Waals surface area contributed by atoms with Gasteiger partial charge in [0.25, 0.3) is 0 Å². The Morgan fingerprint density at radius 3 is 3.20 bits per heavy atom. The second-order valence-corrected chi connectivity index (χ2v) is 5.50. The maximum Gasteiger partial charge on any atom is 0.212 e. The molecular weight excluding hydrogens is 206 g/mol. The highest BCUT2D eigenvalue weighted by molar-refractivity contribution is 7.16. The van der Waals surface area contributed by atoms with Crippen molar-refractivity contribution in [3.8, 4) is 0 Å². The summed E-state index contributed by atoms with van der Waals surface area (Å²) in [4.78, 5) is 5.74. The molecule has 15 heavy (non-hydrogen) atoms. The van der Waals surface area contributed by atoms with Gasteiger partial charge in [-0.25, -0.2) is 9.50 Å². The van der Waals surface area contributed by atoms with Crippen molar-refractivity contribution in [1.82, 2.24) is 14.6 Å².